The molecular weight excluding hydrogens is 398 g/mol. The highest BCUT2D eigenvalue weighted by Gasteiger charge is 2.58. The summed E-state index contributed by atoms with van der Waals surface area (Å²) in [5.41, 5.74) is -0.907. The van der Waals surface area contributed by atoms with Gasteiger partial charge in [-0.05, 0) is 40.2 Å². The number of nitrogens with zero attached hydrogens (tertiary/aromatic N) is 3. The van der Waals surface area contributed by atoms with Crippen LogP contribution < -0.4 is 0 Å². The van der Waals surface area contributed by atoms with Crippen molar-refractivity contribution in [2.75, 3.05) is 26.2 Å². The van der Waals surface area contributed by atoms with Crippen molar-refractivity contribution in [2.45, 2.75) is 64.8 Å². The van der Waals surface area contributed by atoms with Crippen LogP contribution in [0.1, 0.15) is 46.6 Å². The fourth-order valence-corrected chi connectivity index (χ4v) is 4.43. The monoisotopic (exact) mass is 431 g/mol. The van der Waals surface area contributed by atoms with Crippen LogP contribution in [0.2, 0.25) is 0 Å². The zero-order valence-electron chi connectivity index (χ0n) is 19.1. The SMILES string of the molecule is CCN1C(=O)C2(CC1C)CN(C(=O)OC(C)(C)C)CCN2C(=O)OCc1ccccc1. The zero-order valence-corrected chi connectivity index (χ0v) is 19.1. The number of piperazine rings is 1. The molecule has 0 saturated carbocycles. The van der Waals surface area contributed by atoms with E-state index in [0.29, 0.717) is 13.0 Å². The van der Waals surface area contributed by atoms with Crippen LogP contribution in [0.5, 0.6) is 0 Å². The lowest BCUT2D eigenvalue weighted by Crippen LogP contribution is -2.68. The minimum absolute atomic E-state index is 0.0412. The van der Waals surface area contributed by atoms with Gasteiger partial charge in [0, 0.05) is 32.1 Å². The van der Waals surface area contributed by atoms with Crippen molar-refractivity contribution in [1.29, 1.82) is 0 Å². The van der Waals surface area contributed by atoms with Gasteiger partial charge in [0.25, 0.3) is 5.91 Å². The maximum Gasteiger partial charge on any atom is 0.411 e. The van der Waals surface area contributed by atoms with E-state index in [4.69, 9.17) is 9.47 Å². The Bertz CT molecular complexity index is 822. The van der Waals surface area contributed by atoms with Crippen molar-refractivity contribution in [3.63, 3.8) is 0 Å². The Morgan fingerprint density at radius 2 is 1.81 bits per heavy atom. The van der Waals surface area contributed by atoms with Crippen LogP contribution in [0.3, 0.4) is 0 Å². The normalized spacial score (nSPS) is 24.0. The van der Waals surface area contributed by atoms with Crippen LogP contribution in [-0.4, -0.2) is 76.2 Å². The second-order valence-electron chi connectivity index (χ2n) is 9.27. The van der Waals surface area contributed by atoms with Gasteiger partial charge in [-0.2, -0.15) is 0 Å². The lowest BCUT2D eigenvalue weighted by Gasteiger charge is -2.46. The number of carbonyl (C=O) groups is 3. The predicted octanol–water partition coefficient (Wildman–Crippen LogP) is 3.26. The molecule has 31 heavy (non-hydrogen) atoms. The number of rotatable bonds is 3. The van der Waals surface area contributed by atoms with Crippen molar-refractivity contribution in [1.82, 2.24) is 14.7 Å². The van der Waals surface area contributed by atoms with Gasteiger partial charge in [-0.15, -0.1) is 0 Å². The fraction of sp³-hybridized carbons (Fsp3) is 0.609. The Labute approximate surface area is 184 Å². The Morgan fingerprint density at radius 3 is 2.39 bits per heavy atom. The molecule has 0 N–H and O–H groups in total. The largest absolute Gasteiger partial charge is 0.445 e. The van der Waals surface area contributed by atoms with Gasteiger partial charge in [0.1, 0.15) is 17.7 Å². The molecular formula is C23H33N3O5. The second kappa shape index (κ2) is 8.77. The molecule has 3 rings (SSSR count). The van der Waals surface area contributed by atoms with E-state index in [-0.39, 0.29) is 38.2 Å². The number of hydrogen-bond donors (Lipinski definition) is 0. The highest BCUT2D eigenvalue weighted by molar-refractivity contribution is 5.93. The topological polar surface area (TPSA) is 79.4 Å². The number of benzene rings is 1. The third-order valence-electron chi connectivity index (χ3n) is 5.80. The first-order chi connectivity index (χ1) is 14.6. The number of hydrogen-bond acceptors (Lipinski definition) is 5. The molecule has 0 aromatic heterocycles. The average molecular weight is 432 g/mol. The standard InChI is InChI=1S/C23H33N3O5/c1-6-25-17(2)14-23(19(25)27)16-24(20(28)31-22(3,4)5)12-13-26(23)21(29)30-15-18-10-8-7-9-11-18/h7-11,17H,6,12-16H2,1-5H3. The van der Waals surface area contributed by atoms with E-state index in [9.17, 15) is 14.4 Å². The van der Waals surface area contributed by atoms with Gasteiger partial charge in [0.2, 0.25) is 0 Å². The molecule has 170 valence electrons. The molecule has 8 nitrogen and oxygen atoms in total. The molecule has 0 bridgehead atoms. The lowest BCUT2D eigenvalue weighted by molar-refractivity contribution is -0.141. The van der Waals surface area contributed by atoms with E-state index >= 15 is 0 Å². The van der Waals surface area contributed by atoms with E-state index in [1.165, 1.54) is 9.80 Å². The molecule has 0 radical (unpaired) electrons. The molecule has 2 aliphatic heterocycles. The van der Waals surface area contributed by atoms with Crippen LogP contribution in [-0.2, 0) is 20.9 Å². The molecule has 0 aliphatic carbocycles. The number of likely N-dealkylation sites (N-methyl/N-ethyl adjacent to an activating group) is 1. The van der Waals surface area contributed by atoms with Crippen molar-refractivity contribution in [2.24, 2.45) is 0 Å². The maximum absolute atomic E-state index is 13.5. The van der Waals surface area contributed by atoms with Crippen LogP contribution in [0.15, 0.2) is 30.3 Å². The molecule has 2 unspecified atom stereocenters. The first-order valence-corrected chi connectivity index (χ1v) is 10.8. The Hall–Kier alpha value is -2.77. The Kier molecular flexibility index (Phi) is 6.48. The number of ether oxygens (including phenoxy) is 2. The predicted molar refractivity (Wildman–Crippen MR) is 115 cm³/mol. The van der Waals surface area contributed by atoms with Gasteiger partial charge in [-0.25, -0.2) is 9.59 Å². The number of carbonyl (C=O) groups excluding carboxylic acids is 3. The minimum atomic E-state index is -1.14. The summed E-state index contributed by atoms with van der Waals surface area (Å²) in [6, 6.07) is 9.38. The summed E-state index contributed by atoms with van der Waals surface area (Å²) in [6.07, 6.45) is -0.565. The summed E-state index contributed by atoms with van der Waals surface area (Å²) in [7, 11) is 0. The van der Waals surface area contributed by atoms with Crippen LogP contribution in [0.4, 0.5) is 9.59 Å². The minimum Gasteiger partial charge on any atom is -0.445 e. The van der Waals surface area contributed by atoms with E-state index in [1.54, 1.807) is 25.7 Å². The van der Waals surface area contributed by atoms with E-state index in [1.807, 2.05) is 44.2 Å². The van der Waals surface area contributed by atoms with Gasteiger partial charge < -0.3 is 19.3 Å². The summed E-state index contributed by atoms with van der Waals surface area (Å²) in [5, 5.41) is 0. The molecule has 1 aromatic carbocycles. The average Bonchev–Trinajstić information content (AvgIpc) is 2.94. The highest BCUT2D eigenvalue weighted by atomic mass is 16.6. The number of amides is 3. The maximum atomic E-state index is 13.5. The third kappa shape index (κ3) is 4.78. The van der Waals surface area contributed by atoms with Gasteiger partial charge in [0.05, 0.1) is 6.54 Å². The second-order valence-corrected chi connectivity index (χ2v) is 9.27. The van der Waals surface area contributed by atoms with Gasteiger partial charge in [-0.3, -0.25) is 9.69 Å². The van der Waals surface area contributed by atoms with Crippen molar-refractivity contribution >= 4 is 18.1 Å². The molecule has 2 saturated heterocycles. The van der Waals surface area contributed by atoms with E-state index in [2.05, 4.69) is 0 Å². The summed E-state index contributed by atoms with van der Waals surface area (Å²) in [5.74, 6) is -0.146. The first-order valence-electron chi connectivity index (χ1n) is 10.8. The fourth-order valence-electron chi connectivity index (χ4n) is 4.43. The quantitative estimate of drug-likeness (QED) is 0.734. The number of likely N-dealkylation sites (tertiary alicyclic amines) is 1. The Balaban J connectivity index is 1.82. The van der Waals surface area contributed by atoms with Crippen molar-refractivity contribution in [3.8, 4) is 0 Å². The molecule has 2 atom stereocenters. The summed E-state index contributed by atoms with van der Waals surface area (Å²) >= 11 is 0. The van der Waals surface area contributed by atoms with Gasteiger partial charge >= 0.3 is 12.2 Å². The molecule has 1 aromatic rings. The van der Waals surface area contributed by atoms with Crippen molar-refractivity contribution in [3.05, 3.63) is 35.9 Å². The highest BCUT2D eigenvalue weighted by Crippen LogP contribution is 2.37. The molecule has 3 amide bonds. The molecule has 8 heteroatoms. The van der Waals surface area contributed by atoms with Crippen molar-refractivity contribution < 1.29 is 23.9 Å². The zero-order chi connectivity index (χ0) is 22.8. The van der Waals surface area contributed by atoms with Crippen LogP contribution in [0.25, 0.3) is 0 Å². The summed E-state index contributed by atoms with van der Waals surface area (Å²) in [4.78, 5) is 44.1. The van der Waals surface area contributed by atoms with Crippen LogP contribution >= 0.6 is 0 Å². The molecule has 2 aliphatic rings. The van der Waals surface area contributed by atoms with E-state index in [0.717, 1.165) is 5.56 Å². The Morgan fingerprint density at radius 1 is 1.13 bits per heavy atom. The van der Waals surface area contributed by atoms with Crippen LogP contribution in [0, 0.1) is 0 Å². The molecule has 2 fully saturated rings. The summed E-state index contributed by atoms with van der Waals surface area (Å²) < 4.78 is 11.1. The summed E-state index contributed by atoms with van der Waals surface area (Å²) in [6.45, 7) is 10.6. The van der Waals surface area contributed by atoms with E-state index < -0.39 is 23.3 Å². The van der Waals surface area contributed by atoms with Gasteiger partial charge in [0.15, 0.2) is 0 Å². The molecule has 2 heterocycles. The molecule has 1 spiro atoms. The van der Waals surface area contributed by atoms with Gasteiger partial charge in [-0.1, -0.05) is 30.3 Å². The first kappa shape index (κ1) is 22.9. The smallest absolute Gasteiger partial charge is 0.411 e. The lowest BCUT2D eigenvalue weighted by atomic mass is 9.90. The third-order valence-corrected chi connectivity index (χ3v) is 5.80.